The summed E-state index contributed by atoms with van der Waals surface area (Å²) < 4.78 is 37.8. The van der Waals surface area contributed by atoms with Gasteiger partial charge in [0.1, 0.15) is 0 Å². The molecule has 2 rings (SSSR count). The monoisotopic (exact) mass is 314 g/mol. The molecule has 4 nitrogen and oxygen atoms in total. The number of nitrogens with one attached hydrogen (secondary N) is 1. The first kappa shape index (κ1) is 16.3. The lowest BCUT2D eigenvalue weighted by atomic mass is 10.2. The number of nitrogens with zero attached hydrogens (tertiary/aromatic N) is 1. The zero-order chi connectivity index (χ0) is 16.3. The quantitative estimate of drug-likeness (QED) is 0.908. The first-order valence-corrected chi connectivity index (χ1v) is 7.01. The van der Waals surface area contributed by atoms with Crippen LogP contribution in [-0.4, -0.2) is 29.3 Å². The molecule has 1 aliphatic rings. The van der Waals surface area contributed by atoms with E-state index in [0.29, 0.717) is 0 Å². The number of hydrogen-bond donors (Lipinski definition) is 1. The number of anilines is 1. The summed E-state index contributed by atoms with van der Waals surface area (Å²) in [5.74, 6) is -0.499. The molecule has 1 fully saturated rings. The maximum Gasteiger partial charge on any atom is 0.416 e. The molecule has 1 aromatic carbocycles. The highest BCUT2D eigenvalue weighted by Crippen LogP contribution is 2.30. The second kappa shape index (κ2) is 6.37. The molecule has 1 aromatic rings. The lowest BCUT2D eigenvalue weighted by Crippen LogP contribution is -2.33. The van der Waals surface area contributed by atoms with Crippen LogP contribution in [0, 0.1) is 0 Å². The van der Waals surface area contributed by atoms with E-state index in [0.717, 1.165) is 25.0 Å². The standard InChI is InChI=1S/C15H17F3N2O2/c1-10(21)20(13-5-6-13)8-7-14(22)19-12-4-2-3-11(9-12)15(16,17)18/h2-4,9,13H,5-8H2,1H3,(H,19,22). The van der Waals surface area contributed by atoms with Gasteiger partial charge in [0.15, 0.2) is 0 Å². The zero-order valence-corrected chi connectivity index (χ0v) is 12.1. The van der Waals surface area contributed by atoms with Gasteiger partial charge in [0.25, 0.3) is 0 Å². The molecule has 0 heterocycles. The van der Waals surface area contributed by atoms with E-state index in [4.69, 9.17) is 0 Å². The summed E-state index contributed by atoms with van der Waals surface area (Å²) in [6.07, 6.45) is -2.51. The van der Waals surface area contributed by atoms with Crippen molar-refractivity contribution in [2.45, 2.75) is 38.4 Å². The Bertz CT molecular complexity index is 568. The molecule has 0 spiro atoms. The number of halogens is 3. The maximum absolute atomic E-state index is 12.6. The molecule has 22 heavy (non-hydrogen) atoms. The van der Waals surface area contributed by atoms with E-state index in [1.165, 1.54) is 19.1 Å². The molecule has 2 amide bonds. The van der Waals surface area contributed by atoms with Gasteiger partial charge < -0.3 is 10.2 Å². The van der Waals surface area contributed by atoms with Crippen molar-refractivity contribution in [2.24, 2.45) is 0 Å². The number of alkyl halides is 3. The number of rotatable bonds is 5. The van der Waals surface area contributed by atoms with E-state index in [1.54, 1.807) is 4.90 Å². The van der Waals surface area contributed by atoms with Gasteiger partial charge in [0.2, 0.25) is 11.8 Å². The normalized spacial score (nSPS) is 14.5. The molecule has 1 saturated carbocycles. The van der Waals surface area contributed by atoms with Crippen LogP contribution in [0.3, 0.4) is 0 Å². The molecule has 0 aromatic heterocycles. The second-order valence-electron chi connectivity index (χ2n) is 5.32. The molecular formula is C15H17F3N2O2. The fourth-order valence-corrected chi connectivity index (χ4v) is 2.20. The molecular weight excluding hydrogens is 297 g/mol. The summed E-state index contributed by atoms with van der Waals surface area (Å²) in [4.78, 5) is 24.9. The lowest BCUT2D eigenvalue weighted by Gasteiger charge is -2.20. The average Bonchev–Trinajstić information content (AvgIpc) is 3.22. The fourth-order valence-electron chi connectivity index (χ4n) is 2.20. The van der Waals surface area contributed by atoms with Gasteiger partial charge in [-0.1, -0.05) is 6.07 Å². The van der Waals surface area contributed by atoms with E-state index in [-0.39, 0.29) is 30.6 Å². The van der Waals surface area contributed by atoms with Gasteiger partial charge in [-0.3, -0.25) is 9.59 Å². The molecule has 0 bridgehead atoms. The number of hydrogen-bond acceptors (Lipinski definition) is 2. The molecule has 1 N–H and O–H groups in total. The van der Waals surface area contributed by atoms with Gasteiger partial charge in [-0.15, -0.1) is 0 Å². The maximum atomic E-state index is 12.6. The van der Waals surface area contributed by atoms with E-state index < -0.39 is 17.6 Å². The van der Waals surface area contributed by atoms with Gasteiger partial charge >= 0.3 is 6.18 Å². The molecule has 0 atom stereocenters. The van der Waals surface area contributed by atoms with Crippen LogP contribution in [0.4, 0.5) is 18.9 Å². The minimum atomic E-state index is -4.45. The Kier molecular flexibility index (Phi) is 4.73. The molecule has 0 aliphatic heterocycles. The van der Waals surface area contributed by atoms with Crippen molar-refractivity contribution in [1.82, 2.24) is 4.90 Å². The van der Waals surface area contributed by atoms with Gasteiger partial charge in [-0.05, 0) is 31.0 Å². The van der Waals surface area contributed by atoms with Crippen LogP contribution in [0.5, 0.6) is 0 Å². The van der Waals surface area contributed by atoms with Gasteiger partial charge in [-0.25, -0.2) is 0 Å². The zero-order valence-electron chi connectivity index (χ0n) is 12.1. The summed E-state index contributed by atoms with van der Waals surface area (Å²) >= 11 is 0. The molecule has 0 saturated heterocycles. The van der Waals surface area contributed by atoms with E-state index >= 15 is 0 Å². The van der Waals surface area contributed by atoms with E-state index in [1.807, 2.05) is 0 Å². The van der Waals surface area contributed by atoms with Crippen molar-refractivity contribution in [3.63, 3.8) is 0 Å². The molecule has 0 unspecified atom stereocenters. The predicted molar refractivity (Wildman–Crippen MR) is 75.1 cm³/mol. The second-order valence-corrected chi connectivity index (χ2v) is 5.32. The van der Waals surface area contributed by atoms with E-state index in [9.17, 15) is 22.8 Å². The third kappa shape index (κ3) is 4.47. The van der Waals surface area contributed by atoms with Crippen LogP contribution < -0.4 is 5.32 Å². The van der Waals surface area contributed by atoms with Crippen LogP contribution in [0.1, 0.15) is 31.7 Å². The largest absolute Gasteiger partial charge is 0.416 e. The predicted octanol–water partition coefficient (Wildman–Crippen LogP) is 3.04. The van der Waals surface area contributed by atoms with Crippen molar-refractivity contribution in [3.8, 4) is 0 Å². The Morgan fingerprint density at radius 3 is 2.55 bits per heavy atom. The summed E-state index contributed by atoms with van der Waals surface area (Å²) in [6, 6.07) is 4.68. The van der Waals surface area contributed by atoms with Gasteiger partial charge in [0.05, 0.1) is 5.56 Å². The highest BCUT2D eigenvalue weighted by atomic mass is 19.4. The Hall–Kier alpha value is -2.05. The van der Waals surface area contributed by atoms with Crippen molar-refractivity contribution in [3.05, 3.63) is 29.8 Å². The Morgan fingerprint density at radius 2 is 2.00 bits per heavy atom. The minimum absolute atomic E-state index is 0.0618. The molecule has 7 heteroatoms. The Morgan fingerprint density at radius 1 is 1.32 bits per heavy atom. The van der Waals surface area contributed by atoms with Crippen molar-refractivity contribution in [1.29, 1.82) is 0 Å². The van der Waals surface area contributed by atoms with Crippen molar-refractivity contribution < 1.29 is 22.8 Å². The summed E-state index contributed by atoms with van der Waals surface area (Å²) in [7, 11) is 0. The molecule has 0 radical (unpaired) electrons. The van der Waals surface area contributed by atoms with Crippen molar-refractivity contribution >= 4 is 17.5 Å². The highest BCUT2D eigenvalue weighted by molar-refractivity contribution is 5.91. The average molecular weight is 314 g/mol. The number of carbonyl (C=O) groups excluding carboxylic acids is 2. The van der Waals surface area contributed by atoms with E-state index in [2.05, 4.69) is 5.32 Å². The summed E-state index contributed by atoms with van der Waals surface area (Å²) in [6.45, 7) is 1.73. The third-order valence-electron chi connectivity index (χ3n) is 3.45. The number of carbonyl (C=O) groups is 2. The van der Waals surface area contributed by atoms with Crippen LogP contribution in [0.25, 0.3) is 0 Å². The smallest absolute Gasteiger partial charge is 0.339 e. The first-order valence-electron chi connectivity index (χ1n) is 7.01. The van der Waals surface area contributed by atoms with Crippen molar-refractivity contribution in [2.75, 3.05) is 11.9 Å². The first-order chi connectivity index (χ1) is 10.3. The van der Waals surface area contributed by atoms with Crippen LogP contribution in [0.2, 0.25) is 0 Å². The number of amides is 2. The summed E-state index contributed by atoms with van der Waals surface area (Å²) in [5.41, 5.74) is -0.714. The fraction of sp³-hybridized carbons (Fsp3) is 0.467. The third-order valence-corrected chi connectivity index (χ3v) is 3.45. The van der Waals surface area contributed by atoms with Gasteiger partial charge in [-0.2, -0.15) is 13.2 Å². The molecule has 1 aliphatic carbocycles. The molecule has 120 valence electrons. The van der Waals surface area contributed by atoms with Crippen LogP contribution >= 0.6 is 0 Å². The van der Waals surface area contributed by atoms with Gasteiger partial charge in [0, 0.05) is 31.6 Å². The summed E-state index contributed by atoms with van der Waals surface area (Å²) in [5, 5.41) is 2.43. The lowest BCUT2D eigenvalue weighted by molar-refractivity contribution is -0.137. The van der Waals surface area contributed by atoms with Crippen LogP contribution in [-0.2, 0) is 15.8 Å². The Labute approximate surface area is 126 Å². The SMILES string of the molecule is CC(=O)N(CCC(=O)Nc1cccc(C(F)(F)F)c1)C1CC1. The highest BCUT2D eigenvalue weighted by Gasteiger charge is 2.31. The number of benzene rings is 1. The topological polar surface area (TPSA) is 49.4 Å². The minimum Gasteiger partial charge on any atom is -0.339 e. The van der Waals surface area contributed by atoms with Crippen LogP contribution in [0.15, 0.2) is 24.3 Å². The Balaban J connectivity index is 1.90.